The van der Waals surface area contributed by atoms with Gasteiger partial charge in [-0.05, 0) is 65.9 Å². The van der Waals surface area contributed by atoms with Crippen molar-refractivity contribution in [3.63, 3.8) is 0 Å². The van der Waals surface area contributed by atoms with Crippen LogP contribution in [0.2, 0.25) is 30.7 Å². The number of aryl methyl sites for hydroxylation is 1. The first-order valence-corrected chi connectivity index (χ1v) is 18.1. The highest BCUT2D eigenvalue weighted by molar-refractivity contribution is 6.76. The van der Waals surface area contributed by atoms with Gasteiger partial charge in [-0.1, -0.05) is 58.1 Å². The van der Waals surface area contributed by atoms with E-state index in [2.05, 4.69) is 58.4 Å². The minimum absolute atomic E-state index is 0.0654. The van der Waals surface area contributed by atoms with Crippen LogP contribution in [0.3, 0.4) is 0 Å². The van der Waals surface area contributed by atoms with Crippen LogP contribution in [0, 0.1) is 12.3 Å². The van der Waals surface area contributed by atoms with Crippen LogP contribution in [0.5, 0.6) is 11.6 Å². The highest BCUT2D eigenvalue weighted by atomic mass is 35.5. The summed E-state index contributed by atoms with van der Waals surface area (Å²) in [6.45, 7) is 17.3. The van der Waals surface area contributed by atoms with Crippen LogP contribution in [0.4, 0.5) is 0 Å². The Morgan fingerprint density at radius 2 is 1.66 bits per heavy atom. The highest BCUT2D eigenvalue weighted by Crippen LogP contribution is 2.35. The van der Waals surface area contributed by atoms with Crippen LogP contribution >= 0.6 is 11.6 Å². The number of benzene rings is 2. The van der Waals surface area contributed by atoms with E-state index in [0.717, 1.165) is 57.7 Å². The number of methoxy groups -OCH3 is 1. The van der Waals surface area contributed by atoms with Crippen molar-refractivity contribution in [1.82, 2.24) is 14.5 Å². The van der Waals surface area contributed by atoms with Crippen molar-refractivity contribution in [1.29, 1.82) is 0 Å². The molecule has 0 atom stereocenters. The van der Waals surface area contributed by atoms with E-state index in [1.165, 1.54) is 0 Å². The molecule has 0 N–H and O–H groups in total. The van der Waals surface area contributed by atoms with Crippen molar-refractivity contribution in [2.24, 2.45) is 5.41 Å². The van der Waals surface area contributed by atoms with Gasteiger partial charge in [-0.25, -0.2) is 9.97 Å². The molecule has 4 aromatic rings. The van der Waals surface area contributed by atoms with E-state index in [0.29, 0.717) is 24.2 Å². The summed E-state index contributed by atoms with van der Waals surface area (Å²) >= 11 is 6.94. The molecule has 8 heteroatoms. The molecule has 6 nitrogen and oxygen atoms in total. The second-order valence-electron chi connectivity index (χ2n) is 12.9. The summed E-state index contributed by atoms with van der Waals surface area (Å²) in [5.74, 6) is 2.20. The number of hydrogen-bond donors (Lipinski definition) is 0. The third-order valence-corrected chi connectivity index (χ3v) is 8.67. The molecule has 0 saturated carbocycles. The zero-order chi connectivity index (χ0) is 29.8. The summed E-state index contributed by atoms with van der Waals surface area (Å²) < 4.78 is 19.4. The minimum Gasteiger partial charge on any atom is -0.497 e. The van der Waals surface area contributed by atoms with Crippen LogP contribution in [0.15, 0.2) is 60.9 Å². The molecule has 218 valence electrons. The van der Waals surface area contributed by atoms with Crippen molar-refractivity contribution < 1.29 is 14.2 Å². The quantitative estimate of drug-likeness (QED) is 0.129. The van der Waals surface area contributed by atoms with E-state index in [1.54, 1.807) is 7.11 Å². The SMILES string of the molecule is COc1ccc(-c2cn(COCC[Si](C)(C)C)c(-c3ccc(-c4cnc(OCC(C)(C)C)cc4C)cc3Cl)n2)cc1. The van der Waals surface area contributed by atoms with Crippen molar-refractivity contribution in [3.05, 3.63) is 71.5 Å². The Morgan fingerprint density at radius 3 is 2.27 bits per heavy atom. The number of rotatable bonds is 11. The van der Waals surface area contributed by atoms with E-state index in [4.69, 9.17) is 30.8 Å². The van der Waals surface area contributed by atoms with Gasteiger partial charge in [0.15, 0.2) is 0 Å². The molecule has 41 heavy (non-hydrogen) atoms. The number of hydrogen-bond acceptors (Lipinski definition) is 5. The lowest BCUT2D eigenvalue weighted by Gasteiger charge is -2.19. The van der Waals surface area contributed by atoms with Crippen LogP contribution < -0.4 is 9.47 Å². The Balaban J connectivity index is 1.63. The first-order chi connectivity index (χ1) is 19.3. The van der Waals surface area contributed by atoms with Gasteiger partial charge in [0.25, 0.3) is 0 Å². The van der Waals surface area contributed by atoms with E-state index >= 15 is 0 Å². The molecule has 0 bridgehead atoms. The predicted molar refractivity (Wildman–Crippen MR) is 172 cm³/mol. The van der Waals surface area contributed by atoms with Crippen LogP contribution in [0.1, 0.15) is 26.3 Å². The topological polar surface area (TPSA) is 58.4 Å². The Morgan fingerprint density at radius 1 is 0.951 bits per heavy atom. The summed E-state index contributed by atoms with van der Waals surface area (Å²) in [6.07, 6.45) is 3.88. The fourth-order valence-corrected chi connectivity index (χ4v) is 5.26. The maximum atomic E-state index is 6.94. The van der Waals surface area contributed by atoms with E-state index in [1.807, 2.05) is 59.4 Å². The number of halogens is 1. The molecule has 0 amide bonds. The van der Waals surface area contributed by atoms with Gasteiger partial charge in [-0.15, -0.1) is 0 Å². The molecule has 0 saturated heterocycles. The minimum atomic E-state index is -1.19. The normalized spacial score (nSPS) is 12.0. The molecule has 0 radical (unpaired) electrons. The lowest BCUT2D eigenvalue weighted by atomic mass is 9.99. The Kier molecular flexibility index (Phi) is 9.62. The number of imidazole rings is 1. The Bertz CT molecular complexity index is 1470. The van der Waals surface area contributed by atoms with Crippen LogP contribution in [-0.2, 0) is 11.5 Å². The number of aromatic nitrogens is 3. The third-order valence-electron chi connectivity index (χ3n) is 6.65. The summed E-state index contributed by atoms with van der Waals surface area (Å²) in [4.78, 5) is 9.55. The Labute approximate surface area is 250 Å². The smallest absolute Gasteiger partial charge is 0.213 e. The van der Waals surface area contributed by atoms with Crippen LogP contribution in [0.25, 0.3) is 33.8 Å². The first-order valence-electron chi connectivity index (χ1n) is 14.0. The zero-order valence-corrected chi connectivity index (χ0v) is 27.3. The molecule has 0 aliphatic rings. The van der Waals surface area contributed by atoms with Gasteiger partial charge in [0.2, 0.25) is 5.88 Å². The maximum Gasteiger partial charge on any atom is 0.213 e. The Hall–Kier alpha value is -3.13. The molecule has 2 aromatic carbocycles. The van der Waals surface area contributed by atoms with Gasteiger partial charge in [-0.2, -0.15) is 0 Å². The van der Waals surface area contributed by atoms with Gasteiger partial charge in [0.05, 0.1) is 24.4 Å². The zero-order valence-electron chi connectivity index (χ0n) is 25.5. The summed E-state index contributed by atoms with van der Waals surface area (Å²) in [5.41, 5.74) is 5.84. The summed E-state index contributed by atoms with van der Waals surface area (Å²) in [5, 5.41) is 0.616. The molecular formula is C33H42ClN3O3Si. The fraction of sp³-hybridized carbons (Fsp3) is 0.394. The van der Waals surface area contributed by atoms with E-state index in [-0.39, 0.29) is 5.41 Å². The van der Waals surface area contributed by atoms with Gasteiger partial charge in [-0.3, -0.25) is 0 Å². The molecular weight excluding hydrogens is 550 g/mol. The lowest BCUT2D eigenvalue weighted by Crippen LogP contribution is -2.22. The van der Waals surface area contributed by atoms with Crippen molar-refractivity contribution in [2.75, 3.05) is 20.3 Å². The van der Waals surface area contributed by atoms with Gasteiger partial charge < -0.3 is 18.8 Å². The summed E-state index contributed by atoms with van der Waals surface area (Å²) in [7, 11) is 0.470. The molecule has 2 aromatic heterocycles. The largest absolute Gasteiger partial charge is 0.497 e. The second kappa shape index (κ2) is 12.8. The number of nitrogens with zero attached hydrogens (tertiary/aromatic N) is 3. The molecule has 0 spiro atoms. The monoisotopic (exact) mass is 591 g/mol. The predicted octanol–water partition coefficient (Wildman–Crippen LogP) is 8.99. The standard InChI is InChI=1S/C33H42ClN3O3Si/c1-23-17-31(40-21-33(2,3)4)35-19-28(23)25-11-14-27(29(34)18-25)32-36-30(24-9-12-26(38-5)13-10-24)20-37(32)22-39-15-16-41(6,7)8/h9-14,17-20H,15-16,21-22H2,1-8H3. The van der Waals surface area contributed by atoms with E-state index < -0.39 is 8.07 Å². The van der Waals surface area contributed by atoms with Crippen molar-refractivity contribution in [2.45, 2.75) is 60.1 Å². The fourth-order valence-electron chi connectivity index (χ4n) is 4.24. The van der Waals surface area contributed by atoms with Gasteiger partial charge in [0.1, 0.15) is 18.3 Å². The number of pyridine rings is 1. The van der Waals surface area contributed by atoms with Gasteiger partial charge >= 0.3 is 0 Å². The van der Waals surface area contributed by atoms with Gasteiger partial charge in [0, 0.05) is 49.8 Å². The van der Waals surface area contributed by atoms with Crippen molar-refractivity contribution >= 4 is 19.7 Å². The van der Waals surface area contributed by atoms with Crippen molar-refractivity contribution in [3.8, 4) is 45.4 Å². The average Bonchev–Trinajstić information content (AvgIpc) is 3.33. The molecule has 4 rings (SSSR count). The third kappa shape index (κ3) is 8.44. The van der Waals surface area contributed by atoms with Crippen LogP contribution in [-0.4, -0.2) is 42.9 Å². The second-order valence-corrected chi connectivity index (χ2v) is 18.9. The maximum absolute atomic E-state index is 6.94. The molecule has 0 aliphatic carbocycles. The average molecular weight is 592 g/mol. The molecule has 0 aliphatic heterocycles. The molecule has 0 unspecified atom stereocenters. The lowest BCUT2D eigenvalue weighted by molar-refractivity contribution is 0.0883. The number of ether oxygens (including phenoxy) is 3. The molecule has 2 heterocycles. The molecule has 0 fully saturated rings. The van der Waals surface area contributed by atoms with E-state index in [9.17, 15) is 0 Å². The summed E-state index contributed by atoms with van der Waals surface area (Å²) in [6, 6.07) is 17.1. The highest BCUT2D eigenvalue weighted by Gasteiger charge is 2.18. The first kappa shape index (κ1) is 30.8.